The summed E-state index contributed by atoms with van der Waals surface area (Å²) in [5.74, 6) is 1.52. The number of aromatic nitrogens is 3. The summed E-state index contributed by atoms with van der Waals surface area (Å²) in [4.78, 5) is 3.96. The average molecular weight is 412 g/mol. The molecule has 3 aromatic rings. The highest BCUT2D eigenvalue weighted by Gasteiger charge is 2.34. The van der Waals surface area contributed by atoms with Crippen LogP contribution in [0.1, 0.15) is 32.9 Å². The molecule has 0 aliphatic heterocycles. The van der Waals surface area contributed by atoms with Crippen LogP contribution in [0.5, 0.6) is 5.75 Å². The predicted molar refractivity (Wildman–Crippen MR) is 103 cm³/mol. The summed E-state index contributed by atoms with van der Waals surface area (Å²) >= 11 is 6.35. The molecule has 28 heavy (non-hydrogen) atoms. The Labute approximate surface area is 166 Å². The molecule has 2 aromatic heterocycles. The fraction of sp³-hybridized carbons (Fsp3) is 0.400. The van der Waals surface area contributed by atoms with Crippen molar-refractivity contribution in [2.45, 2.75) is 33.4 Å². The second kappa shape index (κ2) is 7.99. The normalized spacial score (nSPS) is 13.3. The Kier molecular flexibility index (Phi) is 5.84. The number of fused-ring (bicyclic) bond motifs is 1. The van der Waals surface area contributed by atoms with Crippen molar-refractivity contribution in [1.29, 1.82) is 0 Å². The zero-order chi connectivity index (χ0) is 20.5. The van der Waals surface area contributed by atoms with Gasteiger partial charge in [-0.2, -0.15) is 18.3 Å². The van der Waals surface area contributed by atoms with Gasteiger partial charge >= 0.3 is 6.18 Å². The molecule has 1 atom stereocenters. The topological polar surface area (TPSA) is 39.4 Å². The van der Waals surface area contributed by atoms with Crippen molar-refractivity contribution in [1.82, 2.24) is 14.6 Å². The molecule has 1 aromatic carbocycles. The first-order valence-electron chi connectivity index (χ1n) is 9.00. The highest BCUT2D eigenvalue weighted by atomic mass is 35.5. The number of alkyl halides is 3. The maximum Gasteiger partial charge on any atom is 0.435 e. The van der Waals surface area contributed by atoms with Gasteiger partial charge in [-0.1, -0.05) is 32.4 Å². The molecule has 150 valence electrons. The fourth-order valence-electron chi connectivity index (χ4n) is 3.13. The van der Waals surface area contributed by atoms with Gasteiger partial charge in [0.05, 0.1) is 17.3 Å². The minimum atomic E-state index is -4.53. The average Bonchev–Trinajstić information content (AvgIpc) is 3.04. The van der Waals surface area contributed by atoms with Gasteiger partial charge < -0.3 is 4.74 Å². The van der Waals surface area contributed by atoms with E-state index in [2.05, 4.69) is 30.9 Å². The number of benzene rings is 1. The molecule has 3 rings (SSSR count). The van der Waals surface area contributed by atoms with E-state index in [-0.39, 0.29) is 5.65 Å². The first kappa shape index (κ1) is 20.5. The van der Waals surface area contributed by atoms with Crippen LogP contribution in [-0.2, 0) is 6.18 Å². The van der Waals surface area contributed by atoms with Crippen molar-refractivity contribution >= 4 is 17.2 Å². The molecular formula is C20H21ClF3N3O. The van der Waals surface area contributed by atoms with E-state index in [1.165, 1.54) is 10.7 Å². The quantitative estimate of drug-likeness (QED) is 0.489. The first-order chi connectivity index (χ1) is 13.1. The zero-order valence-corrected chi connectivity index (χ0v) is 16.6. The van der Waals surface area contributed by atoms with Crippen molar-refractivity contribution in [3.05, 3.63) is 47.2 Å². The number of halogens is 4. The third-order valence-electron chi connectivity index (χ3n) is 4.27. The largest absolute Gasteiger partial charge is 0.492 e. The predicted octanol–water partition coefficient (Wildman–Crippen LogP) is 6.13. The van der Waals surface area contributed by atoms with Crippen LogP contribution in [0.4, 0.5) is 13.2 Å². The summed E-state index contributed by atoms with van der Waals surface area (Å²) in [6, 6.07) is 7.64. The van der Waals surface area contributed by atoms with Crippen molar-refractivity contribution in [2.24, 2.45) is 11.8 Å². The summed E-state index contributed by atoms with van der Waals surface area (Å²) in [7, 11) is 0. The highest BCUT2D eigenvalue weighted by Crippen LogP contribution is 2.33. The molecule has 0 saturated carbocycles. The molecule has 8 heteroatoms. The maximum absolute atomic E-state index is 13.0. The summed E-state index contributed by atoms with van der Waals surface area (Å²) in [5.41, 5.74) is 0.209. The summed E-state index contributed by atoms with van der Waals surface area (Å²) in [6.07, 6.45) is -2.04. The zero-order valence-electron chi connectivity index (χ0n) is 15.8. The molecule has 4 nitrogen and oxygen atoms in total. The smallest absolute Gasteiger partial charge is 0.435 e. The molecule has 0 aliphatic carbocycles. The van der Waals surface area contributed by atoms with Gasteiger partial charge in [0, 0.05) is 17.8 Å². The van der Waals surface area contributed by atoms with E-state index in [4.69, 9.17) is 16.3 Å². The van der Waals surface area contributed by atoms with Crippen LogP contribution in [0, 0.1) is 11.8 Å². The van der Waals surface area contributed by atoms with Gasteiger partial charge in [-0.25, -0.2) is 9.50 Å². The Bertz CT molecular complexity index is 969. The Hall–Kier alpha value is -2.28. The fourth-order valence-corrected chi connectivity index (χ4v) is 3.37. The van der Waals surface area contributed by atoms with Gasteiger partial charge in [-0.15, -0.1) is 0 Å². The van der Waals surface area contributed by atoms with E-state index in [1.54, 1.807) is 24.3 Å². The standard InChI is InChI=1S/C20H21ClF3N3O/c1-12(2)8-13(3)11-28-17-5-4-14(9-15(17)21)16-6-7-25-19-10-18(20(22,23)24)26-27(16)19/h4-7,9-10,12-13H,8,11H2,1-3H3. The third-order valence-corrected chi connectivity index (χ3v) is 4.57. The van der Waals surface area contributed by atoms with Gasteiger partial charge in [0.15, 0.2) is 11.3 Å². The van der Waals surface area contributed by atoms with E-state index < -0.39 is 11.9 Å². The van der Waals surface area contributed by atoms with Crippen molar-refractivity contribution in [2.75, 3.05) is 6.61 Å². The van der Waals surface area contributed by atoms with Gasteiger partial charge in [-0.05, 0) is 42.5 Å². The van der Waals surface area contributed by atoms with Crippen molar-refractivity contribution < 1.29 is 17.9 Å². The number of ether oxygens (including phenoxy) is 1. The summed E-state index contributed by atoms with van der Waals surface area (Å²) < 4.78 is 45.9. The molecule has 0 aliphatic rings. The van der Waals surface area contributed by atoms with Crippen LogP contribution >= 0.6 is 11.6 Å². The van der Waals surface area contributed by atoms with E-state index in [1.807, 2.05) is 0 Å². The minimum absolute atomic E-state index is 0.115. The van der Waals surface area contributed by atoms with Crippen LogP contribution in [-0.4, -0.2) is 21.2 Å². The lowest BCUT2D eigenvalue weighted by Crippen LogP contribution is -2.11. The second-order valence-electron chi connectivity index (χ2n) is 7.32. The summed E-state index contributed by atoms with van der Waals surface area (Å²) in [6.45, 7) is 6.98. The van der Waals surface area contributed by atoms with Crippen LogP contribution in [0.2, 0.25) is 5.02 Å². The van der Waals surface area contributed by atoms with Crippen LogP contribution in [0.3, 0.4) is 0 Å². The number of nitrogens with zero attached hydrogens (tertiary/aromatic N) is 3. The molecule has 1 unspecified atom stereocenters. The van der Waals surface area contributed by atoms with Gasteiger partial charge in [0.1, 0.15) is 5.75 Å². The van der Waals surface area contributed by atoms with Gasteiger partial charge in [0.25, 0.3) is 0 Å². The molecule has 2 heterocycles. The molecule has 0 fully saturated rings. The Morgan fingerprint density at radius 2 is 1.89 bits per heavy atom. The number of rotatable bonds is 6. The van der Waals surface area contributed by atoms with E-state index in [0.29, 0.717) is 40.5 Å². The molecule has 0 N–H and O–H groups in total. The van der Waals surface area contributed by atoms with Crippen LogP contribution in [0.25, 0.3) is 16.9 Å². The summed E-state index contributed by atoms with van der Waals surface area (Å²) in [5, 5.41) is 4.05. The van der Waals surface area contributed by atoms with Crippen LogP contribution < -0.4 is 4.74 Å². The third kappa shape index (κ3) is 4.58. The molecule has 0 radical (unpaired) electrons. The Morgan fingerprint density at radius 1 is 1.14 bits per heavy atom. The number of hydrogen-bond acceptors (Lipinski definition) is 3. The van der Waals surface area contributed by atoms with Crippen molar-refractivity contribution in [3.63, 3.8) is 0 Å². The molecule has 0 spiro atoms. The lowest BCUT2D eigenvalue weighted by molar-refractivity contribution is -0.141. The van der Waals surface area contributed by atoms with E-state index in [0.717, 1.165) is 12.5 Å². The molecular weight excluding hydrogens is 391 g/mol. The minimum Gasteiger partial charge on any atom is -0.492 e. The first-order valence-corrected chi connectivity index (χ1v) is 9.37. The monoisotopic (exact) mass is 411 g/mol. The van der Waals surface area contributed by atoms with Gasteiger partial charge in [-0.3, -0.25) is 0 Å². The van der Waals surface area contributed by atoms with E-state index >= 15 is 0 Å². The molecule has 0 saturated heterocycles. The van der Waals surface area contributed by atoms with E-state index in [9.17, 15) is 13.2 Å². The second-order valence-corrected chi connectivity index (χ2v) is 7.73. The van der Waals surface area contributed by atoms with Gasteiger partial charge in [0.2, 0.25) is 0 Å². The maximum atomic E-state index is 13.0. The molecule has 0 bridgehead atoms. The lowest BCUT2D eigenvalue weighted by Gasteiger charge is -2.16. The number of hydrogen-bond donors (Lipinski definition) is 0. The molecule has 0 amide bonds. The SMILES string of the molecule is CC(C)CC(C)COc1ccc(-c2ccnc3cc(C(F)(F)F)nn23)cc1Cl. The van der Waals surface area contributed by atoms with Crippen LogP contribution in [0.15, 0.2) is 36.5 Å². The van der Waals surface area contributed by atoms with Crippen molar-refractivity contribution in [3.8, 4) is 17.0 Å². The Morgan fingerprint density at radius 3 is 2.54 bits per heavy atom. The Balaban J connectivity index is 1.87. The highest BCUT2D eigenvalue weighted by molar-refractivity contribution is 6.32. The lowest BCUT2D eigenvalue weighted by atomic mass is 10.00.